The minimum absolute atomic E-state index is 0.180. The van der Waals surface area contributed by atoms with Gasteiger partial charge in [0.25, 0.3) is 0 Å². The third-order valence-electron chi connectivity index (χ3n) is 3.91. The van der Waals surface area contributed by atoms with Crippen LogP contribution >= 0.6 is 0 Å². The van der Waals surface area contributed by atoms with Gasteiger partial charge in [0.05, 0.1) is 5.56 Å². The van der Waals surface area contributed by atoms with Crippen LogP contribution in [0.2, 0.25) is 0 Å². The molecular formula is C19H19F3N2O2. The molecule has 7 heteroatoms. The van der Waals surface area contributed by atoms with Crippen LogP contribution < -0.4 is 10.6 Å². The first-order valence-electron chi connectivity index (χ1n) is 7.87. The van der Waals surface area contributed by atoms with Crippen molar-refractivity contribution in [2.75, 3.05) is 10.6 Å². The minimum Gasteiger partial charge on any atom is -0.325 e. The molecule has 0 heterocycles. The molecule has 138 valence electrons. The summed E-state index contributed by atoms with van der Waals surface area (Å²) in [6.07, 6.45) is -4.45. The lowest BCUT2D eigenvalue weighted by Crippen LogP contribution is -2.41. The molecule has 0 aliphatic rings. The molecule has 26 heavy (non-hydrogen) atoms. The summed E-state index contributed by atoms with van der Waals surface area (Å²) in [6.45, 7) is 4.79. The first kappa shape index (κ1) is 19.5. The molecule has 2 rings (SSSR count). The summed E-state index contributed by atoms with van der Waals surface area (Å²) in [5.74, 6) is -1.15. The van der Waals surface area contributed by atoms with Crippen LogP contribution in [0.4, 0.5) is 24.5 Å². The Bertz CT molecular complexity index is 795. The van der Waals surface area contributed by atoms with Crippen LogP contribution in [0.3, 0.4) is 0 Å². The van der Waals surface area contributed by atoms with Crippen molar-refractivity contribution in [3.05, 3.63) is 59.7 Å². The average Bonchev–Trinajstić information content (AvgIpc) is 2.56. The molecule has 0 spiro atoms. The van der Waals surface area contributed by atoms with E-state index >= 15 is 0 Å². The quantitative estimate of drug-likeness (QED) is 0.778. The van der Waals surface area contributed by atoms with Crippen molar-refractivity contribution in [3.63, 3.8) is 0 Å². The number of aryl methyl sites for hydroxylation is 1. The highest BCUT2D eigenvalue weighted by Crippen LogP contribution is 2.30. The van der Waals surface area contributed by atoms with E-state index in [1.165, 1.54) is 13.8 Å². The largest absolute Gasteiger partial charge is 0.416 e. The van der Waals surface area contributed by atoms with Crippen LogP contribution in [0.25, 0.3) is 0 Å². The molecule has 2 N–H and O–H groups in total. The third kappa shape index (κ3) is 4.62. The second-order valence-corrected chi connectivity index (χ2v) is 6.47. The van der Waals surface area contributed by atoms with Gasteiger partial charge in [0, 0.05) is 11.4 Å². The van der Waals surface area contributed by atoms with Gasteiger partial charge < -0.3 is 10.6 Å². The summed E-state index contributed by atoms with van der Waals surface area (Å²) in [5, 5.41) is 5.13. The zero-order valence-electron chi connectivity index (χ0n) is 14.6. The first-order chi connectivity index (χ1) is 12.0. The van der Waals surface area contributed by atoms with Crippen LogP contribution in [0.15, 0.2) is 48.5 Å². The SMILES string of the molecule is Cc1ccc(NC(=O)C(C)(C)C(=O)Nc2ccc(C(F)(F)F)cc2)cc1. The normalized spacial score (nSPS) is 11.8. The molecule has 2 amide bonds. The Morgan fingerprint density at radius 2 is 1.15 bits per heavy atom. The summed E-state index contributed by atoms with van der Waals surface area (Å²) in [7, 11) is 0. The Kier molecular flexibility index (Phi) is 5.39. The van der Waals surface area contributed by atoms with Gasteiger partial charge in [-0.2, -0.15) is 13.2 Å². The summed E-state index contributed by atoms with van der Waals surface area (Å²) >= 11 is 0. The molecule has 4 nitrogen and oxygen atoms in total. The topological polar surface area (TPSA) is 58.2 Å². The van der Waals surface area contributed by atoms with Crippen molar-refractivity contribution in [2.45, 2.75) is 26.9 Å². The molecule has 0 bridgehead atoms. The number of nitrogens with one attached hydrogen (secondary N) is 2. The maximum absolute atomic E-state index is 12.6. The van der Waals surface area contributed by atoms with Gasteiger partial charge in [0.2, 0.25) is 11.8 Å². The van der Waals surface area contributed by atoms with Crippen LogP contribution in [-0.2, 0) is 15.8 Å². The number of carbonyl (C=O) groups excluding carboxylic acids is 2. The van der Waals surface area contributed by atoms with E-state index in [9.17, 15) is 22.8 Å². The van der Waals surface area contributed by atoms with Gasteiger partial charge in [-0.15, -0.1) is 0 Å². The van der Waals surface area contributed by atoms with Gasteiger partial charge in [-0.05, 0) is 57.2 Å². The fourth-order valence-electron chi connectivity index (χ4n) is 2.06. The van der Waals surface area contributed by atoms with Crippen LogP contribution in [0.5, 0.6) is 0 Å². The lowest BCUT2D eigenvalue weighted by molar-refractivity contribution is -0.137. The Morgan fingerprint density at radius 3 is 1.54 bits per heavy atom. The molecular weight excluding hydrogens is 345 g/mol. The molecule has 0 aromatic heterocycles. The number of carbonyl (C=O) groups is 2. The van der Waals surface area contributed by atoms with E-state index in [-0.39, 0.29) is 5.69 Å². The van der Waals surface area contributed by atoms with E-state index in [4.69, 9.17) is 0 Å². The predicted octanol–water partition coefficient (Wildman–Crippen LogP) is 4.62. The fraction of sp³-hybridized carbons (Fsp3) is 0.263. The van der Waals surface area contributed by atoms with Crippen molar-refractivity contribution in [3.8, 4) is 0 Å². The number of rotatable bonds is 4. The maximum atomic E-state index is 12.6. The molecule has 0 atom stereocenters. The number of halogens is 3. The number of hydrogen-bond donors (Lipinski definition) is 2. The Labute approximate surface area is 149 Å². The summed E-state index contributed by atoms with van der Waals surface area (Å²) in [5.41, 5.74) is -0.475. The van der Waals surface area contributed by atoms with E-state index in [0.29, 0.717) is 5.69 Å². The van der Waals surface area contributed by atoms with E-state index < -0.39 is 29.0 Å². The molecule has 0 aliphatic carbocycles. The third-order valence-corrected chi connectivity index (χ3v) is 3.91. The van der Waals surface area contributed by atoms with E-state index in [1.54, 1.807) is 12.1 Å². The van der Waals surface area contributed by atoms with Crippen LogP contribution in [0, 0.1) is 12.3 Å². The molecule has 0 aliphatic heterocycles. The molecule has 0 fully saturated rings. The summed E-state index contributed by atoms with van der Waals surface area (Å²) in [6, 6.07) is 11.1. The standard InChI is InChI=1S/C19H19F3N2O2/c1-12-4-8-14(9-5-12)23-16(25)18(2,3)17(26)24-15-10-6-13(7-11-15)19(20,21)22/h4-11H,1-3H3,(H,23,25)(H,24,26). The van der Waals surface area contributed by atoms with E-state index in [2.05, 4.69) is 10.6 Å². The number of hydrogen-bond acceptors (Lipinski definition) is 2. The van der Waals surface area contributed by atoms with Crippen molar-refractivity contribution >= 4 is 23.2 Å². The summed E-state index contributed by atoms with van der Waals surface area (Å²) < 4.78 is 37.7. The van der Waals surface area contributed by atoms with Crippen LogP contribution in [-0.4, -0.2) is 11.8 Å². The van der Waals surface area contributed by atoms with Crippen molar-refractivity contribution < 1.29 is 22.8 Å². The molecule has 0 saturated carbocycles. The first-order valence-corrected chi connectivity index (χ1v) is 7.87. The predicted molar refractivity (Wildman–Crippen MR) is 93.7 cm³/mol. The highest BCUT2D eigenvalue weighted by atomic mass is 19.4. The molecule has 0 radical (unpaired) electrons. The lowest BCUT2D eigenvalue weighted by atomic mass is 9.90. The molecule has 0 unspecified atom stereocenters. The van der Waals surface area contributed by atoms with Gasteiger partial charge in [-0.3, -0.25) is 9.59 Å². The zero-order valence-corrected chi connectivity index (χ0v) is 14.6. The maximum Gasteiger partial charge on any atom is 0.416 e. The van der Waals surface area contributed by atoms with Gasteiger partial charge in [0.1, 0.15) is 5.41 Å². The van der Waals surface area contributed by atoms with Gasteiger partial charge >= 0.3 is 6.18 Å². The summed E-state index contributed by atoms with van der Waals surface area (Å²) in [4.78, 5) is 24.8. The molecule has 2 aromatic rings. The fourth-order valence-corrected chi connectivity index (χ4v) is 2.06. The minimum atomic E-state index is -4.45. The Morgan fingerprint density at radius 1 is 0.769 bits per heavy atom. The second kappa shape index (κ2) is 7.19. The Hall–Kier alpha value is -2.83. The smallest absolute Gasteiger partial charge is 0.325 e. The van der Waals surface area contributed by atoms with E-state index in [0.717, 1.165) is 29.8 Å². The number of alkyl halides is 3. The number of anilines is 2. The highest BCUT2D eigenvalue weighted by molar-refractivity contribution is 6.13. The monoisotopic (exact) mass is 364 g/mol. The van der Waals surface area contributed by atoms with Crippen molar-refractivity contribution in [2.24, 2.45) is 5.41 Å². The second-order valence-electron chi connectivity index (χ2n) is 6.47. The van der Waals surface area contributed by atoms with Gasteiger partial charge in [0.15, 0.2) is 0 Å². The number of amides is 2. The van der Waals surface area contributed by atoms with Crippen LogP contribution in [0.1, 0.15) is 25.0 Å². The highest BCUT2D eigenvalue weighted by Gasteiger charge is 2.36. The average molecular weight is 364 g/mol. The van der Waals surface area contributed by atoms with Gasteiger partial charge in [-0.25, -0.2) is 0 Å². The molecule has 0 saturated heterocycles. The molecule has 2 aromatic carbocycles. The van der Waals surface area contributed by atoms with Gasteiger partial charge in [-0.1, -0.05) is 17.7 Å². The van der Waals surface area contributed by atoms with Crippen molar-refractivity contribution in [1.29, 1.82) is 0 Å². The lowest BCUT2D eigenvalue weighted by Gasteiger charge is -2.23. The number of benzene rings is 2. The zero-order chi connectivity index (χ0) is 19.5. The Balaban J connectivity index is 2.06. The van der Waals surface area contributed by atoms with E-state index in [1.807, 2.05) is 19.1 Å². The van der Waals surface area contributed by atoms with Crippen molar-refractivity contribution in [1.82, 2.24) is 0 Å².